The molecule has 0 spiro atoms. The summed E-state index contributed by atoms with van der Waals surface area (Å²) in [5.41, 5.74) is 6.54. The number of fused-ring (bicyclic) bond motifs is 1. The lowest BCUT2D eigenvalue weighted by Gasteiger charge is -2.03. The molecule has 0 atom stereocenters. The average Bonchev–Trinajstić information content (AvgIpc) is 2.70. The first kappa shape index (κ1) is 10.0. The normalized spacial score (nSPS) is 10.6. The van der Waals surface area contributed by atoms with E-state index in [1.807, 2.05) is 30.3 Å². The number of rotatable bonds is 2. The number of benzene rings is 1. The fourth-order valence-electron chi connectivity index (χ4n) is 1.53. The van der Waals surface area contributed by atoms with Gasteiger partial charge in [0.15, 0.2) is 5.13 Å². The first-order chi connectivity index (χ1) is 8.31. The largest absolute Gasteiger partial charge is 0.456 e. The van der Waals surface area contributed by atoms with Crippen molar-refractivity contribution in [1.82, 2.24) is 9.97 Å². The molecule has 1 aromatic carbocycles. The minimum Gasteiger partial charge on any atom is -0.456 e. The summed E-state index contributed by atoms with van der Waals surface area (Å²) in [6.45, 7) is 0. The second-order valence-corrected chi connectivity index (χ2v) is 4.53. The second-order valence-electron chi connectivity index (χ2n) is 3.47. The predicted octanol–water partition coefficient (Wildman–Crippen LogP) is 3.07. The third-order valence-corrected chi connectivity index (χ3v) is 3.09. The lowest BCUT2D eigenvalue weighted by molar-refractivity contribution is 0.481. The molecule has 3 aromatic rings. The summed E-state index contributed by atoms with van der Waals surface area (Å²) in [5, 5.41) is 0.568. The summed E-state index contributed by atoms with van der Waals surface area (Å²) in [7, 11) is 0. The van der Waals surface area contributed by atoms with Crippen LogP contribution in [0.5, 0.6) is 11.5 Å². The summed E-state index contributed by atoms with van der Waals surface area (Å²) in [6, 6.07) is 9.38. The lowest BCUT2D eigenvalue weighted by Crippen LogP contribution is -1.84. The van der Waals surface area contributed by atoms with Gasteiger partial charge in [0, 0.05) is 12.3 Å². The molecule has 0 amide bonds. The van der Waals surface area contributed by atoms with E-state index in [0.29, 0.717) is 10.9 Å². The number of hydrogen-bond donors (Lipinski definition) is 1. The van der Waals surface area contributed by atoms with E-state index in [1.54, 1.807) is 12.4 Å². The molecule has 0 radical (unpaired) electrons. The van der Waals surface area contributed by atoms with Crippen LogP contribution >= 0.6 is 11.3 Å². The third kappa shape index (κ3) is 2.05. The van der Waals surface area contributed by atoms with Crippen molar-refractivity contribution in [3.8, 4) is 11.5 Å². The molecule has 2 aromatic heterocycles. The van der Waals surface area contributed by atoms with Gasteiger partial charge in [-0.25, -0.2) is 4.98 Å². The molecule has 0 aliphatic rings. The van der Waals surface area contributed by atoms with Crippen LogP contribution in [0.3, 0.4) is 0 Å². The lowest BCUT2D eigenvalue weighted by atomic mass is 10.3. The van der Waals surface area contributed by atoms with Gasteiger partial charge >= 0.3 is 0 Å². The maximum atomic E-state index is 5.67. The molecule has 0 bridgehead atoms. The summed E-state index contributed by atoms with van der Waals surface area (Å²) < 4.78 is 6.69. The van der Waals surface area contributed by atoms with Crippen LogP contribution in [-0.4, -0.2) is 9.97 Å². The summed E-state index contributed by atoms with van der Waals surface area (Å²) >= 11 is 1.45. The number of nitrogens with two attached hydrogens (primary N) is 1. The number of thiazole rings is 1. The van der Waals surface area contributed by atoms with Crippen molar-refractivity contribution in [2.45, 2.75) is 0 Å². The topological polar surface area (TPSA) is 61.0 Å². The summed E-state index contributed by atoms with van der Waals surface area (Å²) in [5.74, 6) is 1.47. The van der Waals surface area contributed by atoms with E-state index in [1.165, 1.54) is 11.3 Å². The van der Waals surface area contributed by atoms with Crippen molar-refractivity contribution in [3.05, 3.63) is 42.7 Å². The molecule has 2 heterocycles. The molecular formula is C12H9N3OS. The second kappa shape index (κ2) is 4.03. The van der Waals surface area contributed by atoms with Crippen LogP contribution in [-0.2, 0) is 0 Å². The van der Waals surface area contributed by atoms with Crippen molar-refractivity contribution >= 4 is 26.7 Å². The van der Waals surface area contributed by atoms with Gasteiger partial charge in [0.2, 0.25) is 0 Å². The fourth-order valence-corrected chi connectivity index (χ4v) is 2.29. The zero-order chi connectivity index (χ0) is 11.7. The standard InChI is InChI=1S/C12H9N3OS/c13-12-15-10-4-3-8(6-11(10)17-12)16-9-2-1-5-14-7-9/h1-7H,(H2,13,15). The average molecular weight is 243 g/mol. The van der Waals surface area contributed by atoms with Crippen molar-refractivity contribution in [2.24, 2.45) is 0 Å². The number of nitrogens with zero attached hydrogens (tertiary/aromatic N) is 2. The Labute approximate surface area is 102 Å². The highest BCUT2D eigenvalue weighted by Crippen LogP contribution is 2.29. The third-order valence-electron chi connectivity index (χ3n) is 2.25. The van der Waals surface area contributed by atoms with Gasteiger partial charge in [0.05, 0.1) is 16.4 Å². The van der Waals surface area contributed by atoms with Gasteiger partial charge in [-0.15, -0.1) is 0 Å². The highest BCUT2D eigenvalue weighted by atomic mass is 32.1. The van der Waals surface area contributed by atoms with Crippen molar-refractivity contribution in [1.29, 1.82) is 0 Å². The number of pyridine rings is 1. The minimum absolute atomic E-state index is 0.568. The Hall–Kier alpha value is -2.14. The predicted molar refractivity (Wildman–Crippen MR) is 68.3 cm³/mol. The van der Waals surface area contributed by atoms with E-state index in [-0.39, 0.29) is 0 Å². The molecule has 84 valence electrons. The molecule has 5 heteroatoms. The number of aromatic nitrogens is 2. The maximum Gasteiger partial charge on any atom is 0.181 e. The van der Waals surface area contributed by atoms with E-state index in [9.17, 15) is 0 Å². The number of hydrogen-bond acceptors (Lipinski definition) is 5. The monoisotopic (exact) mass is 243 g/mol. The Morgan fingerprint density at radius 2 is 2.12 bits per heavy atom. The van der Waals surface area contributed by atoms with Gasteiger partial charge in [-0.1, -0.05) is 11.3 Å². The van der Waals surface area contributed by atoms with Gasteiger partial charge in [-0.3, -0.25) is 4.98 Å². The van der Waals surface area contributed by atoms with Crippen LogP contribution in [0.15, 0.2) is 42.7 Å². The van der Waals surface area contributed by atoms with Gasteiger partial charge < -0.3 is 10.5 Å². The van der Waals surface area contributed by atoms with Crippen LogP contribution in [0, 0.1) is 0 Å². The fraction of sp³-hybridized carbons (Fsp3) is 0. The molecule has 0 aliphatic carbocycles. The zero-order valence-corrected chi connectivity index (χ0v) is 9.65. The van der Waals surface area contributed by atoms with Crippen LogP contribution < -0.4 is 10.5 Å². The van der Waals surface area contributed by atoms with E-state index in [2.05, 4.69) is 9.97 Å². The Balaban J connectivity index is 1.95. The maximum absolute atomic E-state index is 5.67. The molecule has 17 heavy (non-hydrogen) atoms. The molecule has 2 N–H and O–H groups in total. The van der Waals surface area contributed by atoms with Gasteiger partial charge in [0.1, 0.15) is 11.5 Å². The van der Waals surface area contributed by atoms with Crippen molar-refractivity contribution < 1.29 is 4.74 Å². The van der Waals surface area contributed by atoms with Crippen LogP contribution in [0.25, 0.3) is 10.2 Å². The first-order valence-electron chi connectivity index (χ1n) is 5.05. The van der Waals surface area contributed by atoms with Crippen LogP contribution in [0.1, 0.15) is 0 Å². The van der Waals surface area contributed by atoms with E-state index >= 15 is 0 Å². The van der Waals surface area contributed by atoms with Crippen LogP contribution in [0.4, 0.5) is 5.13 Å². The Morgan fingerprint density at radius 1 is 1.18 bits per heavy atom. The molecule has 0 fully saturated rings. The molecular weight excluding hydrogens is 234 g/mol. The van der Waals surface area contributed by atoms with Crippen molar-refractivity contribution in [3.63, 3.8) is 0 Å². The van der Waals surface area contributed by atoms with E-state index in [0.717, 1.165) is 16.0 Å². The summed E-state index contributed by atoms with van der Waals surface area (Å²) in [6.07, 6.45) is 3.38. The smallest absolute Gasteiger partial charge is 0.181 e. The molecule has 0 aliphatic heterocycles. The highest BCUT2D eigenvalue weighted by molar-refractivity contribution is 7.22. The molecule has 0 unspecified atom stereocenters. The van der Waals surface area contributed by atoms with Crippen LogP contribution in [0.2, 0.25) is 0 Å². The zero-order valence-electron chi connectivity index (χ0n) is 8.83. The SMILES string of the molecule is Nc1nc2ccc(Oc3cccnc3)cc2s1. The molecule has 0 saturated heterocycles. The molecule has 4 nitrogen and oxygen atoms in total. The van der Waals surface area contributed by atoms with E-state index in [4.69, 9.17) is 10.5 Å². The quantitative estimate of drug-likeness (QED) is 0.751. The molecule has 3 rings (SSSR count). The van der Waals surface area contributed by atoms with Crippen molar-refractivity contribution in [2.75, 3.05) is 5.73 Å². The summed E-state index contributed by atoms with van der Waals surface area (Å²) in [4.78, 5) is 8.18. The Kier molecular flexibility index (Phi) is 2.38. The van der Waals surface area contributed by atoms with E-state index < -0.39 is 0 Å². The Morgan fingerprint density at radius 3 is 2.94 bits per heavy atom. The molecule has 0 saturated carbocycles. The van der Waals surface area contributed by atoms with Gasteiger partial charge in [-0.2, -0.15) is 0 Å². The number of anilines is 1. The number of nitrogen functional groups attached to an aromatic ring is 1. The highest BCUT2D eigenvalue weighted by Gasteiger charge is 2.03. The number of ether oxygens (including phenoxy) is 1. The first-order valence-corrected chi connectivity index (χ1v) is 5.87. The Bertz CT molecular complexity index is 651. The minimum atomic E-state index is 0.568. The van der Waals surface area contributed by atoms with Gasteiger partial charge in [-0.05, 0) is 24.3 Å². The van der Waals surface area contributed by atoms with Gasteiger partial charge in [0.25, 0.3) is 0 Å².